The average Bonchev–Trinajstić information content (AvgIpc) is 2.44. The largest absolute Gasteiger partial charge is 0.323 e. The van der Waals surface area contributed by atoms with Crippen LogP contribution in [-0.2, 0) is 5.75 Å². The molecule has 0 heterocycles. The molecule has 20 heavy (non-hydrogen) atoms. The lowest BCUT2D eigenvalue weighted by atomic mass is 10.1. The molecule has 1 unspecified atom stereocenters. The van der Waals surface area contributed by atoms with Crippen molar-refractivity contribution in [2.45, 2.75) is 11.8 Å². The van der Waals surface area contributed by atoms with Gasteiger partial charge in [0.05, 0.1) is 0 Å². The molecule has 0 aromatic heterocycles. The normalized spacial score (nSPS) is 12.4. The quantitative estimate of drug-likeness (QED) is 0.876. The van der Waals surface area contributed by atoms with Crippen molar-refractivity contribution in [3.63, 3.8) is 0 Å². The number of nitrogens with two attached hydrogens (primary N) is 1. The first-order valence-corrected chi connectivity index (χ1v) is 7.62. The smallest absolute Gasteiger partial charge is 0.159 e. The predicted molar refractivity (Wildman–Crippen MR) is 80.9 cm³/mol. The second-order valence-corrected chi connectivity index (χ2v) is 5.89. The van der Waals surface area contributed by atoms with Gasteiger partial charge in [-0.1, -0.05) is 29.8 Å². The van der Waals surface area contributed by atoms with Crippen LogP contribution < -0.4 is 5.73 Å². The summed E-state index contributed by atoms with van der Waals surface area (Å²) in [6.07, 6.45) is 0. The van der Waals surface area contributed by atoms with Crippen LogP contribution in [0.3, 0.4) is 0 Å². The minimum Gasteiger partial charge on any atom is -0.323 e. The standard InChI is InChI=1S/C15H14ClF2NS/c16-12-4-1-10(2-5-12)8-20-9-15(19)11-3-6-13(17)14(18)7-11/h1-7,15H,8-9,19H2. The molecule has 0 aliphatic carbocycles. The lowest BCUT2D eigenvalue weighted by Gasteiger charge is -2.12. The first-order chi connectivity index (χ1) is 9.56. The highest BCUT2D eigenvalue weighted by molar-refractivity contribution is 7.98. The Morgan fingerprint density at radius 2 is 1.75 bits per heavy atom. The van der Waals surface area contributed by atoms with Crippen LogP contribution >= 0.6 is 23.4 Å². The zero-order valence-electron chi connectivity index (χ0n) is 10.7. The third-order valence-corrected chi connectivity index (χ3v) is 4.24. The van der Waals surface area contributed by atoms with Crippen molar-refractivity contribution < 1.29 is 8.78 Å². The van der Waals surface area contributed by atoms with Gasteiger partial charge in [-0.25, -0.2) is 8.78 Å². The number of thioether (sulfide) groups is 1. The van der Waals surface area contributed by atoms with E-state index in [-0.39, 0.29) is 6.04 Å². The summed E-state index contributed by atoms with van der Waals surface area (Å²) in [5.74, 6) is -0.280. The summed E-state index contributed by atoms with van der Waals surface area (Å²) in [5.41, 5.74) is 7.73. The Hall–Kier alpha value is -1.10. The molecule has 2 N–H and O–H groups in total. The second-order valence-electron chi connectivity index (χ2n) is 4.42. The van der Waals surface area contributed by atoms with E-state index in [1.807, 2.05) is 24.3 Å². The molecule has 0 radical (unpaired) electrons. The van der Waals surface area contributed by atoms with Gasteiger partial charge >= 0.3 is 0 Å². The molecular formula is C15H14ClF2NS. The molecule has 1 atom stereocenters. The molecule has 0 amide bonds. The van der Waals surface area contributed by atoms with Crippen LogP contribution in [0.1, 0.15) is 17.2 Å². The highest BCUT2D eigenvalue weighted by atomic mass is 35.5. The van der Waals surface area contributed by atoms with Crippen molar-refractivity contribution in [2.24, 2.45) is 5.73 Å². The van der Waals surface area contributed by atoms with Gasteiger partial charge < -0.3 is 5.73 Å². The van der Waals surface area contributed by atoms with Gasteiger partial charge in [0.2, 0.25) is 0 Å². The minimum absolute atomic E-state index is 0.317. The maximum Gasteiger partial charge on any atom is 0.159 e. The molecule has 0 aliphatic rings. The van der Waals surface area contributed by atoms with Crippen LogP contribution in [0.4, 0.5) is 8.78 Å². The number of hydrogen-bond acceptors (Lipinski definition) is 2. The monoisotopic (exact) mass is 313 g/mol. The number of halogens is 3. The Kier molecular flexibility index (Phi) is 5.40. The molecule has 0 saturated carbocycles. The first kappa shape index (κ1) is 15.3. The van der Waals surface area contributed by atoms with E-state index in [0.29, 0.717) is 16.3 Å². The molecule has 106 valence electrons. The highest BCUT2D eigenvalue weighted by Gasteiger charge is 2.09. The number of rotatable bonds is 5. The Balaban J connectivity index is 1.87. The van der Waals surface area contributed by atoms with Gasteiger partial charge in [0.25, 0.3) is 0 Å². The Morgan fingerprint density at radius 1 is 1.05 bits per heavy atom. The van der Waals surface area contributed by atoms with Crippen LogP contribution in [0.5, 0.6) is 0 Å². The predicted octanol–water partition coefficient (Wildman–Crippen LogP) is 4.55. The molecule has 0 aliphatic heterocycles. The summed E-state index contributed by atoms with van der Waals surface area (Å²) in [7, 11) is 0. The van der Waals surface area contributed by atoms with Crippen molar-refractivity contribution in [3.8, 4) is 0 Å². The molecule has 1 nitrogen and oxygen atoms in total. The van der Waals surface area contributed by atoms with E-state index in [0.717, 1.165) is 23.4 Å². The number of hydrogen-bond donors (Lipinski definition) is 1. The summed E-state index contributed by atoms with van der Waals surface area (Å²) >= 11 is 7.45. The van der Waals surface area contributed by atoms with Crippen LogP contribution in [0, 0.1) is 11.6 Å². The zero-order valence-corrected chi connectivity index (χ0v) is 12.2. The van der Waals surface area contributed by atoms with Crippen molar-refractivity contribution in [2.75, 3.05) is 5.75 Å². The molecule has 2 rings (SSSR count). The van der Waals surface area contributed by atoms with E-state index in [9.17, 15) is 8.78 Å². The van der Waals surface area contributed by atoms with Crippen molar-refractivity contribution in [3.05, 3.63) is 70.2 Å². The molecule has 2 aromatic rings. The van der Waals surface area contributed by atoms with E-state index in [2.05, 4.69) is 0 Å². The van der Waals surface area contributed by atoms with Gasteiger partial charge in [0.15, 0.2) is 11.6 Å². The molecule has 0 spiro atoms. The molecule has 5 heteroatoms. The summed E-state index contributed by atoms with van der Waals surface area (Å²) in [6, 6.07) is 11.1. The molecule has 0 bridgehead atoms. The van der Waals surface area contributed by atoms with Crippen LogP contribution in [0.2, 0.25) is 5.02 Å². The first-order valence-electron chi connectivity index (χ1n) is 6.09. The summed E-state index contributed by atoms with van der Waals surface area (Å²) in [4.78, 5) is 0. The zero-order chi connectivity index (χ0) is 14.5. The molecule has 0 saturated heterocycles. The summed E-state index contributed by atoms with van der Waals surface area (Å²) in [6.45, 7) is 0. The van der Waals surface area contributed by atoms with E-state index >= 15 is 0 Å². The highest BCUT2D eigenvalue weighted by Crippen LogP contribution is 2.21. The third kappa shape index (κ3) is 4.20. The topological polar surface area (TPSA) is 26.0 Å². The van der Waals surface area contributed by atoms with Crippen molar-refractivity contribution in [1.29, 1.82) is 0 Å². The van der Waals surface area contributed by atoms with Gasteiger partial charge in [-0.15, -0.1) is 0 Å². The maximum absolute atomic E-state index is 13.1. The van der Waals surface area contributed by atoms with E-state index in [1.165, 1.54) is 6.07 Å². The van der Waals surface area contributed by atoms with Gasteiger partial charge in [-0.3, -0.25) is 0 Å². The van der Waals surface area contributed by atoms with Gasteiger partial charge in [-0.2, -0.15) is 11.8 Å². The van der Waals surface area contributed by atoms with Crippen LogP contribution in [0.25, 0.3) is 0 Å². The van der Waals surface area contributed by atoms with E-state index < -0.39 is 11.6 Å². The Labute approximate surface area is 126 Å². The fraction of sp³-hybridized carbons (Fsp3) is 0.200. The lowest BCUT2D eigenvalue weighted by Crippen LogP contribution is -2.13. The van der Waals surface area contributed by atoms with E-state index in [4.69, 9.17) is 17.3 Å². The van der Waals surface area contributed by atoms with E-state index in [1.54, 1.807) is 11.8 Å². The van der Waals surface area contributed by atoms with Gasteiger partial charge in [0, 0.05) is 22.6 Å². The summed E-state index contributed by atoms with van der Waals surface area (Å²) < 4.78 is 26.0. The van der Waals surface area contributed by atoms with Gasteiger partial charge in [0.1, 0.15) is 0 Å². The molecule has 2 aromatic carbocycles. The Morgan fingerprint density at radius 3 is 2.40 bits per heavy atom. The van der Waals surface area contributed by atoms with Crippen LogP contribution in [0.15, 0.2) is 42.5 Å². The van der Waals surface area contributed by atoms with Gasteiger partial charge in [-0.05, 0) is 35.4 Å². The Bertz CT molecular complexity index is 575. The van der Waals surface area contributed by atoms with Crippen LogP contribution in [-0.4, -0.2) is 5.75 Å². The molecular weight excluding hydrogens is 300 g/mol. The maximum atomic E-state index is 13.1. The lowest BCUT2D eigenvalue weighted by molar-refractivity contribution is 0.506. The average molecular weight is 314 g/mol. The summed E-state index contributed by atoms with van der Waals surface area (Å²) in [5, 5.41) is 0.706. The number of benzene rings is 2. The van der Waals surface area contributed by atoms with Crippen molar-refractivity contribution >= 4 is 23.4 Å². The minimum atomic E-state index is -0.861. The molecule has 0 fully saturated rings. The SMILES string of the molecule is NC(CSCc1ccc(Cl)cc1)c1ccc(F)c(F)c1. The third-order valence-electron chi connectivity index (χ3n) is 2.85. The fourth-order valence-electron chi connectivity index (χ4n) is 1.72. The van der Waals surface area contributed by atoms with Crippen molar-refractivity contribution in [1.82, 2.24) is 0 Å². The fourth-order valence-corrected chi connectivity index (χ4v) is 2.84. The second kappa shape index (κ2) is 7.07.